The van der Waals surface area contributed by atoms with Crippen LogP contribution in [0.25, 0.3) is 0 Å². The van der Waals surface area contributed by atoms with E-state index in [1.165, 1.54) is 43.4 Å². The molecule has 1 aromatic rings. The Morgan fingerprint density at radius 1 is 1.14 bits per heavy atom. The van der Waals surface area contributed by atoms with Crippen molar-refractivity contribution in [2.24, 2.45) is 11.8 Å². The summed E-state index contributed by atoms with van der Waals surface area (Å²) in [5.74, 6) is 1.74. The standard InChI is InChI=1S/C19H32N2/c1-5-15-8-7-9-17(14-15)19(20-6-2)16-10-12-18(13-11-16)21(3)4/h10-13,15,17,19-20H,5-9,14H2,1-4H3. The van der Waals surface area contributed by atoms with E-state index in [9.17, 15) is 0 Å². The van der Waals surface area contributed by atoms with Crippen LogP contribution in [0.1, 0.15) is 57.6 Å². The maximum absolute atomic E-state index is 3.75. The molecule has 0 aliphatic heterocycles. The number of nitrogens with one attached hydrogen (secondary N) is 1. The minimum Gasteiger partial charge on any atom is -0.378 e. The van der Waals surface area contributed by atoms with Crippen LogP contribution in [-0.2, 0) is 0 Å². The van der Waals surface area contributed by atoms with Crippen molar-refractivity contribution in [3.05, 3.63) is 29.8 Å². The molecule has 21 heavy (non-hydrogen) atoms. The molecular weight excluding hydrogens is 256 g/mol. The second-order valence-electron chi connectivity index (χ2n) is 6.72. The zero-order valence-corrected chi connectivity index (χ0v) is 14.2. The smallest absolute Gasteiger partial charge is 0.0361 e. The monoisotopic (exact) mass is 288 g/mol. The summed E-state index contributed by atoms with van der Waals surface area (Å²) in [6.45, 7) is 5.62. The Balaban J connectivity index is 2.13. The predicted molar refractivity (Wildman–Crippen MR) is 92.9 cm³/mol. The van der Waals surface area contributed by atoms with Crippen molar-refractivity contribution in [1.29, 1.82) is 0 Å². The Bertz CT molecular complexity index is 410. The summed E-state index contributed by atoms with van der Waals surface area (Å²) >= 11 is 0. The van der Waals surface area contributed by atoms with Gasteiger partial charge in [-0.15, -0.1) is 0 Å². The topological polar surface area (TPSA) is 15.3 Å². The van der Waals surface area contributed by atoms with E-state index in [1.54, 1.807) is 0 Å². The van der Waals surface area contributed by atoms with E-state index < -0.39 is 0 Å². The number of anilines is 1. The van der Waals surface area contributed by atoms with E-state index in [0.29, 0.717) is 6.04 Å². The molecule has 118 valence electrons. The molecule has 1 fully saturated rings. The molecule has 3 atom stereocenters. The van der Waals surface area contributed by atoms with Gasteiger partial charge >= 0.3 is 0 Å². The van der Waals surface area contributed by atoms with Gasteiger partial charge in [0.25, 0.3) is 0 Å². The molecule has 2 nitrogen and oxygen atoms in total. The molecule has 0 amide bonds. The molecule has 1 N–H and O–H groups in total. The minimum atomic E-state index is 0.528. The lowest BCUT2D eigenvalue weighted by Crippen LogP contribution is -2.31. The van der Waals surface area contributed by atoms with Gasteiger partial charge in [-0.25, -0.2) is 0 Å². The zero-order valence-electron chi connectivity index (χ0n) is 14.2. The summed E-state index contributed by atoms with van der Waals surface area (Å²) in [5.41, 5.74) is 2.74. The van der Waals surface area contributed by atoms with Gasteiger partial charge in [-0.1, -0.05) is 45.2 Å². The predicted octanol–water partition coefficient (Wildman–Crippen LogP) is 4.62. The Morgan fingerprint density at radius 2 is 1.86 bits per heavy atom. The van der Waals surface area contributed by atoms with Crippen LogP contribution in [0.5, 0.6) is 0 Å². The molecule has 1 aliphatic carbocycles. The second-order valence-corrected chi connectivity index (χ2v) is 6.72. The van der Waals surface area contributed by atoms with E-state index in [-0.39, 0.29) is 0 Å². The number of hydrogen-bond donors (Lipinski definition) is 1. The first kappa shape index (κ1) is 16.4. The Hall–Kier alpha value is -1.02. The van der Waals surface area contributed by atoms with Gasteiger partial charge in [-0.05, 0) is 48.9 Å². The zero-order chi connectivity index (χ0) is 15.2. The summed E-state index contributed by atoms with van der Waals surface area (Å²) in [5, 5.41) is 3.75. The fourth-order valence-corrected chi connectivity index (χ4v) is 3.76. The summed E-state index contributed by atoms with van der Waals surface area (Å²) in [6.07, 6.45) is 6.95. The van der Waals surface area contributed by atoms with Gasteiger partial charge in [0.05, 0.1) is 0 Å². The van der Waals surface area contributed by atoms with Crippen molar-refractivity contribution in [2.75, 3.05) is 25.5 Å². The first-order valence-electron chi connectivity index (χ1n) is 8.66. The Kier molecular flexibility index (Phi) is 6.10. The minimum absolute atomic E-state index is 0.528. The first-order valence-corrected chi connectivity index (χ1v) is 8.66. The summed E-state index contributed by atoms with van der Waals surface area (Å²) < 4.78 is 0. The van der Waals surface area contributed by atoms with Crippen LogP contribution in [0.2, 0.25) is 0 Å². The molecule has 3 unspecified atom stereocenters. The largest absolute Gasteiger partial charge is 0.378 e. The van der Waals surface area contributed by atoms with Crippen molar-refractivity contribution in [3.8, 4) is 0 Å². The van der Waals surface area contributed by atoms with Crippen LogP contribution in [0.3, 0.4) is 0 Å². The highest BCUT2D eigenvalue weighted by atomic mass is 15.1. The van der Waals surface area contributed by atoms with Crippen molar-refractivity contribution in [3.63, 3.8) is 0 Å². The lowest BCUT2D eigenvalue weighted by atomic mass is 9.75. The number of benzene rings is 1. The third-order valence-electron chi connectivity index (χ3n) is 5.06. The van der Waals surface area contributed by atoms with E-state index in [4.69, 9.17) is 0 Å². The summed E-state index contributed by atoms with van der Waals surface area (Å²) in [6, 6.07) is 9.66. The molecule has 1 saturated carbocycles. The van der Waals surface area contributed by atoms with Gasteiger partial charge in [-0.2, -0.15) is 0 Å². The van der Waals surface area contributed by atoms with Gasteiger partial charge in [0, 0.05) is 25.8 Å². The molecule has 2 rings (SSSR count). The number of nitrogens with zero attached hydrogens (tertiary/aromatic N) is 1. The maximum atomic E-state index is 3.75. The van der Waals surface area contributed by atoms with E-state index in [0.717, 1.165) is 18.4 Å². The van der Waals surface area contributed by atoms with Crippen LogP contribution < -0.4 is 10.2 Å². The number of rotatable bonds is 6. The molecular formula is C19H32N2. The lowest BCUT2D eigenvalue weighted by Gasteiger charge is -2.35. The van der Waals surface area contributed by atoms with Gasteiger partial charge in [0.2, 0.25) is 0 Å². The molecule has 0 aromatic heterocycles. The van der Waals surface area contributed by atoms with Crippen LogP contribution >= 0.6 is 0 Å². The molecule has 0 spiro atoms. The Morgan fingerprint density at radius 3 is 2.43 bits per heavy atom. The van der Waals surface area contributed by atoms with E-state index in [1.807, 2.05) is 0 Å². The third-order valence-corrected chi connectivity index (χ3v) is 5.06. The normalized spacial score (nSPS) is 23.8. The highest BCUT2D eigenvalue weighted by Crippen LogP contribution is 2.38. The van der Waals surface area contributed by atoms with E-state index in [2.05, 4.69) is 62.4 Å². The molecule has 1 aliphatic rings. The number of hydrogen-bond acceptors (Lipinski definition) is 2. The molecule has 0 bridgehead atoms. The van der Waals surface area contributed by atoms with Gasteiger partial charge < -0.3 is 10.2 Å². The molecule has 0 radical (unpaired) electrons. The van der Waals surface area contributed by atoms with Crippen molar-refractivity contribution in [2.45, 2.75) is 52.0 Å². The van der Waals surface area contributed by atoms with Gasteiger partial charge in [-0.3, -0.25) is 0 Å². The van der Waals surface area contributed by atoms with Gasteiger partial charge in [0.15, 0.2) is 0 Å². The fourth-order valence-electron chi connectivity index (χ4n) is 3.76. The molecule has 0 saturated heterocycles. The average Bonchev–Trinajstić information content (AvgIpc) is 2.52. The molecule has 0 heterocycles. The van der Waals surface area contributed by atoms with Gasteiger partial charge in [0.1, 0.15) is 0 Å². The first-order chi connectivity index (χ1) is 10.2. The van der Waals surface area contributed by atoms with Crippen LogP contribution in [0, 0.1) is 11.8 Å². The second kappa shape index (κ2) is 7.84. The van der Waals surface area contributed by atoms with Crippen LogP contribution in [0.15, 0.2) is 24.3 Å². The van der Waals surface area contributed by atoms with Crippen molar-refractivity contribution in [1.82, 2.24) is 5.32 Å². The lowest BCUT2D eigenvalue weighted by molar-refractivity contribution is 0.210. The SMILES string of the molecule is CCNC(c1ccc(N(C)C)cc1)C1CCCC(CC)C1. The van der Waals surface area contributed by atoms with E-state index >= 15 is 0 Å². The average molecular weight is 288 g/mol. The summed E-state index contributed by atoms with van der Waals surface area (Å²) in [7, 11) is 4.20. The fraction of sp³-hybridized carbons (Fsp3) is 0.684. The molecule has 2 heteroatoms. The van der Waals surface area contributed by atoms with Crippen molar-refractivity contribution < 1.29 is 0 Å². The highest BCUT2D eigenvalue weighted by molar-refractivity contribution is 5.46. The third kappa shape index (κ3) is 4.23. The quantitative estimate of drug-likeness (QED) is 0.821. The highest BCUT2D eigenvalue weighted by Gasteiger charge is 2.28. The summed E-state index contributed by atoms with van der Waals surface area (Å²) in [4.78, 5) is 2.17. The van der Waals surface area contributed by atoms with Crippen LogP contribution in [0.4, 0.5) is 5.69 Å². The Labute approximate surface area is 130 Å². The maximum Gasteiger partial charge on any atom is 0.0361 e. The molecule has 1 aromatic carbocycles. The van der Waals surface area contributed by atoms with Crippen molar-refractivity contribution >= 4 is 5.69 Å². The van der Waals surface area contributed by atoms with Crippen LogP contribution in [-0.4, -0.2) is 20.6 Å².